The van der Waals surface area contributed by atoms with E-state index in [9.17, 15) is 0 Å². The molecule has 138 valence electrons. The Kier molecular flexibility index (Phi) is 5.54. The number of rotatable bonds is 7. The molecular formula is C18H34N3O2P. The molecule has 0 radical (unpaired) electrons. The highest BCUT2D eigenvalue weighted by Gasteiger charge is 2.66. The third-order valence-corrected chi connectivity index (χ3v) is 8.24. The first kappa shape index (κ1) is 18.5. The van der Waals surface area contributed by atoms with Crippen molar-refractivity contribution in [3.05, 3.63) is 11.4 Å². The highest BCUT2D eigenvalue weighted by Crippen LogP contribution is 2.63. The fraction of sp³-hybridized carbons (Fsp3) is 0.944. The van der Waals surface area contributed by atoms with E-state index in [1.807, 2.05) is 0 Å². The van der Waals surface area contributed by atoms with Gasteiger partial charge in [0.05, 0.1) is 17.2 Å². The van der Waals surface area contributed by atoms with Crippen molar-refractivity contribution in [1.29, 1.82) is 0 Å². The Morgan fingerprint density at radius 2 is 2.04 bits per heavy atom. The van der Waals surface area contributed by atoms with Gasteiger partial charge in [0.15, 0.2) is 8.45 Å². The van der Waals surface area contributed by atoms with Crippen LogP contribution in [0.15, 0.2) is 0 Å². The summed E-state index contributed by atoms with van der Waals surface area (Å²) in [4.78, 5) is 3.46. The molecule has 1 unspecified atom stereocenters. The zero-order chi connectivity index (χ0) is 19.0. The Bertz CT molecular complexity index is 503. The number of nitrogens with zero attached hydrogens (tertiary/aromatic N) is 3. The molecule has 5 nitrogen and oxygen atoms in total. The zero-order valence-corrected chi connectivity index (χ0v) is 17.1. The average Bonchev–Trinajstić information content (AvgIpc) is 2.95. The first-order chi connectivity index (χ1) is 11.6. The Balaban J connectivity index is 2.40. The largest absolute Gasteiger partial charge is 0.369 e. The van der Waals surface area contributed by atoms with E-state index in [0.29, 0.717) is 25.2 Å². The van der Waals surface area contributed by atoms with Gasteiger partial charge in [0.25, 0.3) is 0 Å². The zero-order valence-electron chi connectivity index (χ0n) is 17.2. The summed E-state index contributed by atoms with van der Waals surface area (Å²) in [5, 5.41) is 0. The standard InChI is InChI=1S/C18H34N3O2P/c1-13(2)20(14(3)4)24(22-11-10-19-9)21-16-12-18(8,17(21,6)7)23-15(16)5/h13-16H,10-12H2,1-8H3/t15-,16-,18+,24?/m0/s1/i8D. The third kappa shape index (κ3) is 3.24. The van der Waals surface area contributed by atoms with E-state index in [2.05, 4.69) is 62.7 Å². The summed E-state index contributed by atoms with van der Waals surface area (Å²) in [6, 6.07) is 0.953. The van der Waals surface area contributed by atoms with Crippen LogP contribution in [0.4, 0.5) is 0 Å². The van der Waals surface area contributed by atoms with E-state index in [1.165, 1.54) is 0 Å². The van der Waals surface area contributed by atoms with Gasteiger partial charge in [-0.05, 0) is 61.8 Å². The van der Waals surface area contributed by atoms with E-state index < -0.39 is 14.1 Å². The molecule has 0 aliphatic carbocycles. The van der Waals surface area contributed by atoms with Crippen LogP contribution < -0.4 is 0 Å². The molecule has 2 rings (SSSR count). The van der Waals surface area contributed by atoms with Gasteiger partial charge < -0.3 is 14.1 Å². The molecule has 0 aromatic rings. The summed E-state index contributed by atoms with van der Waals surface area (Å²) >= 11 is 0. The molecule has 24 heavy (non-hydrogen) atoms. The Labute approximate surface area is 150 Å². The monoisotopic (exact) mass is 356 g/mol. The molecule has 0 amide bonds. The first-order valence-electron chi connectivity index (χ1n) is 9.64. The lowest BCUT2D eigenvalue weighted by molar-refractivity contribution is -0.128. The minimum absolute atomic E-state index is 0.106. The van der Waals surface area contributed by atoms with Gasteiger partial charge in [-0.15, -0.1) is 0 Å². The lowest BCUT2D eigenvalue weighted by atomic mass is 9.86. The van der Waals surface area contributed by atoms with Crippen LogP contribution in [-0.2, 0) is 9.26 Å². The van der Waals surface area contributed by atoms with Gasteiger partial charge in [-0.1, -0.05) is 0 Å². The Morgan fingerprint density at radius 3 is 2.50 bits per heavy atom. The van der Waals surface area contributed by atoms with Gasteiger partial charge in [0, 0.05) is 19.5 Å². The minimum atomic E-state index is -1.02. The van der Waals surface area contributed by atoms with Crippen LogP contribution in [-0.4, -0.2) is 57.9 Å². The summed E-state index contributed by atoms with van der Waals surface area (Å²) in [5.41, 5.74) is -0.696. The van der Waals surface area contributed by atoms with Crippen LogP contribution in [0.2, 0.25) is 0 Å². The molecule has 6 heteroatoms. The maximum atomic E-state index is 8.16. The molecule has 2 aliphatic heterocycles. The van der Waals surface area contributed by atoms with Crippen LogP contribution in [0.3, 0.4) is 0 Å². The van der Waals surface area contributed by atoms with Crippen molar-refractivity contribution in [2.45, 2.75) is 97.2 Å². The number of hydrogen-bond acceptors (Lipinski definition) is 4. The van der Waals surface area contributed by atoms with Gasteiger partial charge in [-0.2, -0.15) is 0 Å². The number of fused-ring (bicyclic) bond motifs is 2. The van der Waals surface area contributed by atoms with E-state index in [4.69, 9.17) is 17.2 Å². The van der Waals surface area contributed by atoms with Crippen LogP contribution >= 0.6 is 8.45 Å². The van der Waals surface area contributed by atoms with Gasteiger partial charge in [0.1, 0.15) is 6.61 Å². The van der Waals surface area contributed by atoms with E-state index >= 15 is 0 Å². The van der Waals surface area contributed by atoms with Crippen LogP contribution in [0.5, 0.6) is 0 Å². The summed E-state index contributed by atoms with van der Waals surface area (Å²) in [6.07, 6.45) is 0.994. The van der Waals surface area contributed by atoms with Crippen molar-refractivity contribution in [3.63, 3.8) is 0 Å². The van der Waals surface area contributed by atoms with Crippen molar-refractivity contribution in [3.8, 4) is 0 Å². The molecular weight excluding hydrogens is 321 g/mol. The molecule has 0 saturated carbocycles. The molecule has 0 spiro atoms. The highest BCUT2D eigenvalue weighted by atomic mass is 31.2. The number of ether oxygens (including phenoxy) is 1. The highest BCUT2D eigenvalue weighted by molar-refractivity contribution is 7.47. The maximum Gasteiger partial charge on any atom is 0.238 e. The second-order valence-electron chi connectivity index (χ2n) is 8.03. The van der Waals surface area contributed by atoms with Crippen molar-refractivity contribution in [2.75, 3.05) is 13.2 Å². The van der Waals surface area contributed by atoms with Gasteiger partial charge >= 0.3 is 0 Å². The SMILES string of the molecule is [2H]C[C@]12C[C@@H]([C@H](C)O1)N(P(OCC[N+]#[C-])N(C(C)C)C(C)C)C2(C)C. The molecule has 2 bridgehead atoms. The summed E-state index contributed by atoms with van der Waals surface area (Å²) in [7, 11) is -1.02. The van der Waals surface area contributed by atoms with E-state index in [0.717, 1.165) is 6.42 Å². The smallest absolute Gasteiger partial charge is 0.238 e. The molecule has 2 saturated heterocycles. The van der Waals surface area contributed by atoms with Gasteiger partial charge in [0.2, 0.25) is 6.54 Å². The van der Waals surface area contributed by atoms with Crippen molar-refractivity contribution in [2.24, 2.45) is 0 Å². The average molecular weight is 356 g/mol. The Morgan fingerprint density at radius 1 is 1.42 bits per heavy atom. The summed E-state index contributed by atoms with van der Waals surface area (Å²) in [5.74, 6) is 0. The number of morpholine rings is 1. The topological polar surface area (TPSA) is 29.3 Å². The molecule has 2 heterocycles. The van der Waals surface area contributed by atoms with Crippen LogP contribution in [0.1, 0.15) is 63.2 Å². The normalized spacial score (nSPS) is 34.1. The number of hydrogen-bond donors (Lipinski definition) is 0. The Hall–Kier alpha value is -0.240. The fourth-order valence-corrected chi connectivity index (χ4v) is 6.68. The van der Waals surface area contributed by atoms with Crippen LogP contribution in [0.25, 0.3) is 4.85 Å². The van der Waals surface area contributed by atoms with Crippen LogP contribution in [0, 0.1) is 6.57 Å². The molecule has 4 atom stereocenters. The van der Waals surface area contributed by atoms with Crippen molar-refractivity contribution < 1.29 is 10.6 Å². The third-order valence-electron chi connectivity index (χ3n) is 5.34. The fourth-order valence-electron chi connectivity index (χ4n) is 4.03. The summed E-state index contributed by atoms with van der Waals surface area (Å²) < 4.78 is 25.7. The summed E-state index contributed by atoms with van der Waals surface area (Å²) in [6.45, 7) is 23.5. The van der Waals surface area contributed by atoms with Gasteiger partial charge in [-0.3, -0.25) is 0 Å². The molecule has 0 aromatic carbocycles. The van der Waals surface area contributed by atoms with Crippen molar-refractivity contribution >= 4 is 8.45 Å². The second-order valence-corrected chi connectivity index (χ2v) is 9.68. The predicted molar refractivity (Wildman–Crippen MR) is 99.7 cm³/mol. The molecule has 0 aromatic heterocycles. The second kappa shape index (κ2) is 7.17. The lowest BCUT2D eigenvalue weighted by Crippen LogP contribution is -2.60. The van der Waals surface area contributed by atoms with Gasteiger partial charge in [-0.25, -0.2) is 15.9 Å². The molecule has 2 fully saturated rings. The maximum absolute atomic E-state index is 8.16. The minimum Gasteiger partial charge on any atom is -0.369 e. The molecule has 2 aliphatic rings. The lowest BCUT2D eigenvalue weighted by Gasteiger charge is -2.53. The quantitative estimate of drug-likeness (QED) is 0.386. The van der Waals surface area contributed by atoms with E-state index in [-0.39, 0.29) is 24.6 Å². The van der Waals surface area contributed by atoms with Crippen molar-refractivity contribution in [1.82, 2.24) is 9.34 Å². The van der Waals surface area contributed by atoms with E-state index in [1.54, 1.807) is 0 Å². The first-order valence-corrected chi connectivity index (χ1v) is 10.1. The predicted octanol–water partition coefficient (Wildman–Crippen LogP) is 4.30. The molecule has 0 N–H and O–H groups in total.